The second-order valence-corrected chi connectivity index (χ2v) is 6.72. The summed E-state index contributed by atoms with van der Waals surface area (Å²) in [5.74, 6) is -11.0. The molecule has 0 aliphatic heterocycles. The Hall–Kier alpha value is -2.97. The number of aryl methyl sites for hydroxylation is 2. The molecule has 0 radical (unpaired) electrons. The lowest BCUT2D eigenvalue weighted by molar-refractivity contribution is 0.379. The van der Waals surface area contributed by atoms with Crippen LogP contribution in [-0.4, -0.2) is 13.8 Å². The zero-order valence-electron chi connectivity index (χ0n) is 16.0. The number of rotatable bonds is 4. The van der Waals surface area contributed by atoms with Crippen LogP contribution in [0.25, 0.3) is 0 Å². The molecule has 0 saturated heterocycles. The topological polar surface area (TPSA) is 9.23 Å². The van der Waals surface area contributed by atoms with Gasteiger partial charge in [-0.3, -0.25) is 0 Å². The van der Waals surface area contributed by atoms with Crippen molar-refractivity contribution >= 4 is 23.1 Å². The standard InChI is InChI=1S/C21H14BF7O/c1-9-4-6-11(23)15(18(9)26)22(16-12(24)7-5-10(2)19(16)27)17-20(28)13(25)8-14(30-3)21(17)29/h4-8H,1-3H3. The molecule has 0 heterocycles. The maximum atomic E-state index is 15.0. The molecule has 9 heteroatoms. The van der Waals surface area contributed by atoms with Gasteiger partial charge in [0.15, 0.2) is 23.2 Å². The summed E-state index contributed by atoms with van der Waals surface area (Å²) in [5.41, 5.74) is -3.62. The summed E-state index contributed by atoms with van der Waals surface area (Å²) in [6, 6.07) is 4.06. The summed E-state index contributed by atoms with van der Waals surface area (Å²) < 4.78 is 108. The average molecular weight is 426 g/mol. The first kappa shape index (κ1) is 21.7. The molecule has 0 saturated carbocycles. The van der Waals surface area contributed by atoms with Crippen molar-refractivity contribution in [1.29, 1.82) is 0 Å². The van der Waals surface area contributed by atoms with Gasteiger partial charge in [0.1, 0.15) is 23.3 Å². The molecule has 3 rings (SSSR count). The van der Waals surface area contributed by atoms with Crippen molar-refractivity contribution in [2.45, 2.75) is 13.8 Å². The van der Waals surface area contributed by atoms with Gasteiger partial charge in [-0.15, -0.1) is 0 Å². The van der Waals surface area contributed by atoms with Crippen LogP contribution in [0.5, 0.6) is 5.75 Å². The predicted octanol–water partition coefficient (Wildman–Crippen LogP) is 3.80. The Bertz CT molecular complexity index is 1090. The fraction of sp³-hybridized carbons (Fsp3) is 0.143. The second-order valence-electron chi connectivity index (χ2n) is 6.72. The first-order valence-electron chi connectivity index (χ1n) is 8.70. The van der Waals surface area contributed by atoms with Gasteiger partial charge in [0.05, 0.1) is 7.11 Å². The van der Waals surface area contributed by atoms with Crippen molar-refractivity contribution in [3.8, 4) is 5.75 Å². The normalized spacial score (nSPS) is 11.0. The van der Waals surface area contributed by atoms with Crippen molar-refractivity contribution < 1.29 is 35.5 Å². The molecule has 0 atom stereocenters. The van der Waals surface area contributed by atoms with Gasteiger partial charge in [0, 0.05) is 22.5 Å². The highest BCUT2D eigenvalue weighted by Crippen LogP contribution is 2.21. The van der Waals surface area contributed by atoms with E-state index in [-0.39, 0.29) is 11.1 Å². The van der Waals surface area contributed by atoms with E-state index in [0.717, 1.165) is 31.4 Å². The highest BCUT2D eigenvalue weighted by atomic mass is 19.2. The van der Waals surface area contributed by atoms with E-state index in [1.165, 1.54) is 13.8 Å². The zero-order chi connectivity index (χ0) is 22.3. The van der Waals surface area contributed by atoms with E-state index in [1.807, 2.05) is 0 Å². The Labute approximate surface area is 168 Å². The average Bonchev–Trinajstić information content (AvgIpc) is 2.70. The van der Waals surface area contributed by atoms with Crippen molar-refractivity contribution in [1.82, 2.24) is 0 Å². The Balaban J connectivity index is 2.55. The summed E-state index contributed by atoms with van der Waals surface area (Å²) in [5, 5.41) is 0. The van der Waals surface area contributed by atoms with Crippen LogP contribution in [0.1, 0.15) is 11.1 Å². The van der Waals surface area contributed by atoms with Crippen LogP contribution in [0.4, 0.5) is 30.7 Å². The van der Waals surface area contributed by atoms with Crippen molar-refractivity contribution in [3.63, 3.8) is 0 Å². The number of hydrogen-bond donors (Lipinski definition) is 0. The Morgan fingerprint density at radius 3 is 1.50 bits per heavy atom. The lowest BCUT2D eigenvalue weighted by atomic mass is 9.35. The Morgan fingerprint density at radius 1 is 0.600 bits per heavy atom. The minimum absolute atomic E-state index is 0.144. The van der Waals surface area contributed by atoms with Crippen LogP contribution >= 0.6 is 0 Å². The van der Waals surface area contributed by atoms with Crippen LogP contribution < -0.4 is 21.1 Å². The molecule has 0 aliphatic carbocycles. The monoisotopic (exact) mass is 426 g/mol. The molecule has 0 aromatic heterocycles. The van der Waals surface area contributed by atoms with Crippen molar-refractivity contribution in [3.05, 3.63) is 82.2 Å². The lowest BCUT2D eigenvalue weighted by Crippen LogP contribution is -2.59. The molecule has 0 fully saturated rings. The SMILES string of the molecule is COc1cc(F)c(F)c(B(c2c(F)ccc(C)c2F)c2c(F)ccc(C)c2F)c1F. The Morgan fingerprint density at radius 2 is 1.07 bits per heavy atom. The van der Waals surface area contributed by atoms with Gasteiger partial charge in [-0.2, -0.15) is 0 Å². The molecular formula is C21H14BF7O. The van der Waals surface area contributed by atoms with Gasteiger partial charge < -0.3 is 4.74 Å². The molecule has 0 amide bonds. The van der Waals surface area contributed by atoms with E-state index in [9.17, 15) is 26.3 Å². The van der Waals surface area contributed by atoms with Crippen LogP contribution in [0, 0.1) is 54.6 Å². The molecule has 0 N–H and O–H groups in total. The van der Waals surface area contributed by atoms with Crippen LogP contribution in [0.2, 0.25) is 0 Å². The van der Waals surface area contributed by atoms with Crippen molar-refractivity contribution in [2.24, 2.45) is 0 Å². The minimum Gasteiger partial charge on any atom is -0.494 e. The first-order valence-corrected chi connectivity index (χ1v) is 8.70. The zero-order valence-corrected chi connectivity index (χ0v) is 16.0. The largest absolute Gasteiger partial charge is 0.494 e. The summed E-state index contributed by atoms with van der Waals surface area (Å²) >= 11 is 0. The summed E-state index contributed by atoms with van der Waals surface area (Å²) in [6.07, 6.45) is 0. The van der Waals surface area contributed by atoms with E-state index in [2.05, 4.69) is 4.74 Å². The molecule has 3 aromatic carbocycles. The van der Waals surface area contributed by atoms with Gasteiger partial charge in [-0.05, 0) is 37.1 Å². The molecule has 30 heavy (non-hydrogen) atoms. The summed E-state index contributed by atoms with van der Waals surface area (Å²) in [4.78, 5) is 0. The summed E-state index contributed by atoms with van der Waals surface area (Å²) in [6.45, 7) is 0.156. The van der Waals surface area contributed by atoms with E-state index >= 15 is 4.39 Å². The Kier molecular flexibility index (Phi) is 5.83. The molecular weight excluding hydrogens is 412 g/mol. The van der Waals surface area contributed by atoms with E-state index in [1.54, 1.807) is 0 Å². The third-order valence-corrected chi connectivity index (χ3v) is 4.88. The van der Waals surface area contributed by atoms with E-state index < -0.39 is 69.6 Å². The predicted molar refractivity (Wildman–Crippen MR) is 99.7 cm³/mol. The maximum Gasteiger partial charge on any atom is 0.264 e. The highest BCUT2D eigenvalue weighted by Gasteiger charge is 2.39. The fourth-order valence-corrected chi connectivity index (χ4v) is 3.32. The molecule has 0 unspecified atom stereocenters. The van der Waals surface area contributed by atoms with Gasteiger partial charge in [-0.25, -0.2) is 30.7 Å². The van der Waals surface area contributed by atoms with E-state index in [4.69, 9.17) is 0 Å². The minimum atomic E-state index is -2.31. The quantitative estimate of drug-likeness (QED) is 0.351. The maximum absolute atomic E-state index is 15.0. The molecule has 0 aliphatic rings. The van der Waals surface area contributed by atoms with Crippen LogP contribution in [-0.2, 0) is 0 Å². The second kappa shape index (κ2) is 8.05. The van der Waals surface area contributed by atoms with Gasteiger partial charge in [0.25, 0.3) is 6.71 Å². The lowest BCUT2D eigenvalue weighted by Gasteiger charge is -2.21. The van der Waals surface area contributed by atoms with Crippen molar-refractivity contribution in [2.75, 3.05) is 7.11 Å². The molecule has 0 bridgehead atoms. The van der Waals surface area contributed by atoms with Gasteiger partial charge in [-0.1, -0.05) is 12.1 Å². The third-order valence-electron chi connectivity index (χ3n) is 4.88. The number of benzene rings is 3. The van der Waals surface area contributed by atoms with Gasteiger partial charge in [0.2, 0.25) is 0 Å². The smallest absolute Gasteiger partial charge is 0.264 e. The van der Waals surface area contributed by atoms with Crippen LogP contribution in [0.3, 0.4) is 0 Å². The molecule has 0 spiro atoms. The number of methoxy groups -OCH3 is 1. The highest BCUT2D eigenvalue weighted by molar-refractivity contribution is 6.95. The van der Waals surface area contributed by atoms with Crippen LogP contribution in [0.15, 0.2) is 30.3 Å². The van der Waals surface area contributed by atoms with Gasteiger partial charge >= 0.3 is 0 Å². The third kappa shape index (κ3) is 3.42. The number of ether oxygens (including phenoxy) is 1. The van der Waals surface area contributed by atoms with E-state index in [0.29, 0.717) is 6.07 Å². The first-order chi connectivity index (χ1) is 14.1. The molecule has 156 valence electrons. The fourth-order valence-electron chi connectivity index (χ4n) is 3.32. The number of hydrogen-bond acceptors (Lipinski definition) is 1. The summed E-state index contributed by atoms with van der Waals surface area (Å²) in [7, 11) is 0.955. The number of halogens is 7. The molecule has 3 aromatic rings. The molecule has 1 nitrogen and oxygen atoms in total.